The SMILES string of the molecule is CCOCCNc1nc(C)c(-c2nc3ccccc3n2C)c(N[C@@H]2C[C@H](CO)[C@@H](O)[C@H]2O)n1. The van der Waals surface area contributed by atoms with E-state index in [9.17, 15) is 15.3 Å². The maximum atomic E-state index is 10.6. The summed E-state index contributed by atoms with van der Waals surface area (Å²) in [5, 5.41) is 36.9. The van der Waals surface area contributed by atoms with Crippen molar-refractivity contribution >= 4 is 22.8 Å². The molecule has 1 aliphatic carbocycles. The summed E-state index contributed by atoms with van der Waals surface area (Å²) >= 11 is 0. The second-order valence-corrected chi connectivity index (χ2v) is 8.37. The molecule has 0 bridgehead atoms. The first-order chi connectivity index (χ1) is 15.9. The maximum absolute atomic E-state index is 10.6. The summed E-state index contributed by atoms with van der Waals surface area (Å²) in [6.45, 7) is 5.35. The minimum atomic E-state index is -1.03. The molecule has 3 aromatic rings. The molecule has 1 aromatic carbocycles. The van der Waals surface area contributed by atoms with Gasteiger partial charge in [0.05, 0.1) is 41.0 Å². The minimum absolute atomic E-state index is 0.193. The zero-order valence-electron chi connectivity index (χ0n) is 19.2. The van der Waals surface area contributed by atoms with Crippen molar-refractivity contribution in [3.05, 3.63) is 30.0 Å². The highest BCUT2D eigenvalue weighted by Crippen LogP contribution is 2.35. The van der Waals surface area contributed by atoms with Gasteiger partial charge in [-0.2, -0.15) is 4.98 Å². The van der Waals surface area contributed by atoms with Crippen LogP contribution in [0.3, 0.4) is 0 Å². The predicted octanol–water partition coefficient (Wildman–Crippen LogP) is 1.30. The topological polar surface area (TPSA) is 138 Å². The van der Waals surface area contributed by atoms with Crippen molar-refractivity contribution in [3.63, 3.8) is 0 Å². The lowest BCUT2D eigenvalue weighted by molar-refractivity contribution is 0.00446. The molecule has 2 aromatic heterocycles. The molecule has 1 saturated carbocycles. The molecule has 33 heavy (non-hydrogen) atoms. The lowest BCUT2D eigenvalue weighted by Gasteiger charge is -2.21. The number of nitrogens with one attached hydrogen (secondary N) is 2. The van der Waals surface area contributed by atoms with E-state index in [4.69, 9.17) is 14.7 Å². The minimum Gasteiger partial charge on any atom is -0.396 e. The van der Waals surface area contributed by atoms with Crippen LogP contribution in [-0.2, 0) is 11.8 Å². The quantitative estimate of drug-likeness (QED) is 0.302. The van der Waals surface area contributed by atoms with Crippen molar-refractivity contribution < 1.29 is 20.1 Å². The highest BCUT2D eigenvalue weighted by molar-refractivity contribution is 5.84. The van der Waals surface area contributed by atoms with Gasteiger partial charge < -0.3 is 35.3 Å². The number of para-hydroxylation sites is 2. The van der Waals surface area contributed by atoms with E-state index in [-0.39, 0.29) is 6.61 Å². The Morgan fingerprint density at radius 2 is 1.94 bits per heavy atom. The first kappa shape index (κ1) is 23.4. The van der Waals surface area contributed by atoms with Gasteiger partial charge in [-0.1, -0.05) is 12.1 Å². The first-order valence-electron chi connectivity index (χ1n) is 11.3. The smallest absolute Gasteiger partial charge is 0.224 e. The average Bonchev–Trinajstić information content (AvgIpc) is 3.28. The third-order valence-corrected chi connectivity index (χ3v) is 6.19. The van der Waals surface area contributed by atoms with Crippen LogP contribution in [0.15, 0.2) is 24.3 Å². The summed E-state index contributed by atoms with van der Waals surface area (Å²) in [7, 11) is 1.94. The lowest BCUT2D eigenvalue weighted by Crippen LogP contribution is -2.36. The van der Waals surface area contributed by atoms with Crippen molar-refractivity contribution in [1.29, 1.82) is 0 Å². The molecule has 10 nitrogen and oxygen atoms in total. The van der Waals surface area contributed by atoms with Crippen molar-refractivity contribution in [3.8, 4) is 11.4 Å². The van der Waals surface area contributed by atoms with Gasteiger partial charge in [0.2, 0.25) is 5.95 Å². The maximum Gasteiger partial charge on any atom is 0.224 e. The zero-order valence-corrected chi connectivity index (χ0v) is 19.2. The van der Waals surface area contributed by atoms with Gasteiger partial charge in [0.25, 0.3) is 0 Å². The van der Waals surface area contributed by atoms with Crippen LogP contribution < -0.4 is 10.6 Å². The number of rotatable bonds is 9. The third-order valence-electron chi connectivity index (χ3n) is 6.19. The van der Waals surface area contributed by atoms with Crippen molar-refractivity contribution in [1.82, 2.24) is 19.5 Å². The lowest BCUT2D eigenvalue weighted by atomic mass is 10.1. The van der Waals surface area contributed by atoms with Crippen molar-refractivity contribution in [2.24, 2.45) is 13.0 Å². The number of fused-ring (bicyclic) bond motifs is 1. The van der Waals surface area contributed by atoms with Crippen molar-refractivity contribution in [2.75, 3.05) is 37.0 Å². The van der Waals surface area contributed by atoms with Gasteiger partial charge in [-0.05, 0) is 32.4 Å². The molecule has 178 valence electrons. The first-order valence-corrected chi connectivity index (χ1v) is 11.3. The van der Waals surface area contributed by atoms with E-state index in [1.807, 2.05) is 49.7 Å². The fraction of sp³-hybridized carbons (Fsp3) is 0.522. The number of hydrogen-bond acceptors (Lipinski definition) is 9. The van der Waals surface area contributed by atoms with E-state index in [0.717, 1.165) is 22.3 Å². The van der Waals surface area contributed by atoms with Gasteiger partial charge in [-0.15, -0.1) is 0 Å². The Hall–Kier alpha value is -2.79. The van der Waals surface area contributed by atoms with Crippen LogP contribution in [0.5, 0.6) is 0 Å². The summed E-state index contributed by atoms with van der Waals surface area (Å²) in [6, 6.07) is 7.39. The predicted molar refractivity (Wildman–Crippen MR) is 126 cm³/mol. The molecule has 0 amide bonds. The Morgan fingerprint density at radius 3 is 2.64 bits per heavy atom. The van der Waals surface area contributed by atoms with Gasteiger partial charge in [0.1, 0.15) is 17.7 Å². The highest BCUT2D eigenvalue weighted by Gasteiger charge is 2.41. The molecule has 2 heterocycles. The van der Waals surface area contributed by atoms with Gasteiger partial charge in [-0.25, -0.2) is 9.97 Å². The number of nitrogens with zero attached hydrogens (tertiary/aromatic N) is 4. The molecule has 0 saturated heterocycles. The Kier molecular flexibility index (Phi) is 7.08. The average molecular weight is 457 g/mol. The molecule has 0 aliphatic heterocycles. The number of aryl methyl sites for hydroxylation is 2. The summed E-state index contributed by atoms with van der Waals surface area (Å²) in [4.78, 5) is 14.1. The molecular formula is C23H32N6O4. The van der Waals surface area contributed by atoms with E-state index in [2.05, 4.69) is 15.6 Å². The normalized spacial score (nSPS) is 22.7. The molecule has 0 radical (unpaired) electrons. The number of hydrogen-bond donors (Lipinski definition) is 5. The zero-order chi connectivity index (χ0) is 23.5. The third kappa shape index (κ3) is 4.65. The fourth-order valence-corrected chi connectivity index (χ4v) is 4.40. The standard InChI is InChI=1S/C23H32N6O4/c1-4-33-10-9-24-23-25-13(2)18(22-27-15-7-5-6-8-17(15)29(22)3)21(28-23)26-16-11-14(12-30)19(31)20(16)32/h5-8,14,16,19-20,30-32H,4,9-12H2,1-3H3,(H2,24,25,26,28)/t14-,16-,19-,20+/m1/s1. The molecule has 0 spiro atoms. The molecule has 5 N–H and O–H groups in total. The van der Waals surface area contributed by atoms with Gasteiger partial charge >= 0.3 is 0 Å². The number of aliphatic hydroxyl groups excluding tert-OH is 3. The van der Waals surface area contributed by atoms with Crippen LogP contribution in [0.2, 0.25) is 0 Å². The van der Waals surface area contributed by atoms with Crippen LogP contribution in [0.4, 0.5) is 11.8 Å². The van der Waals surface area contributed by atoms with E-state index in [0.29, 0.717) is 43.8 Å². The van der Waals surface area contributed by atoms with Crippen LogP contribution in [0.1, 0.15) is 19.0 Å². The number of aliphatic hydroxyl groups is 3. The molecule has 10 heteroatoms. The Balaban J connectivity index is 1.74. The Morgan fingerprint density at radius 1 is 1.15 bits per heavy atom. The van der Waals surface area contributed by atoms with E-state index in [1.165, 1.54) is 0 Å². The van der Waals surface area contributed by atoms with Crippen LogP contribution in [-0.4, -0.2) is 79.5 Å². The van der Waals surface area contributed by atoms with Gasteiger partial charge in [-0.3, -0.25) is 0 Å². The van der Waals surface area contributed by atoms with E-state index in [1.54, 1.807) is 0 Å². The van der Waals surface area contributed by atoms with Crippen LogP contribution >= 0.6 is 0 Å². The van der Waals surface area contributed by atoms with E-state index < -0.39 is 24.2 Å². The summed E-state index contributed by atoms with van der Waals surface area (Å²) in [6.07, 6.45) is -1.62. The highest BCUT2D eigenvalue weighted by atomic mass is 16.5. The number of imidazole rings is 1. The molecule has 1 aliphatic rings. The van der Waals surface area contributed by atoms with Crippen molar-refractivity contribution in [2.45, 2.75) is 38.5 Å². The van der Waals surface area contributed by atoms with Crippen LogP contribution in [0, 0.1) is 12.8 Å². The number of ether oxygens (including phenoxy) is 1. The van der Waals surface area contributed by atoms with Gasteiger partial charge in [0, 0.05) is 32.7 Å². The summed E-state index contributed by atoms with van der Waals surface area (Å²) < 4.78 is 7.38. The monoisotopic (exact) mass is 456 g/mol. The molecule has 0 unspecified atom stereocenters. The number of anilines is 2. The molecule has 4 atom stereocenters. The summed E-state index contributed by atoms with van der Waals surface area (Å²) in [5.41, 5.74) is 3.28. The molecule has 4 rings (SSSR count). The Bertz CT molecular complexity index is 1100. The Labute approximate surface area is 192 Å². The number of aromatic nitrogens is 4. The largest absolute Gasteiger partial charge is 0.396 e. The van der Waals surface area contributed by atoms with E-state index >= 15 is 0 Å². The fourth-order valence-electron chi connectivity index (χ4n) is 4.40. The van der Waals surface area contributed by atoms with Crippen LogP contribution in [0.25, 0.3) is 22.4 Å². The second kappa shape index (κ2) is 10.0. The molecule has 1 fully saturated rings. The van der Waals surface area contributed by atoms with Gasteiger partial charge in [0.15, 0.2) is 0 Å². The second-order valence-electron chi connectivity index (χ2n) is 8.37. The molecular weight excluding hydrogens is 424 g/mol. The number of benzene rings is 1. The summed E-state index contributed by atoms with van der Waals surface area (Å²) in [5.74, 6) is 1.24.